The lowest BCUT2D eigenvalue weighted by Crippen LogP contribution is -2.32. The average Bonchev–Trinajstić information content (AvgIpc) is 3.14. The molecule has 0 bridgehead atoms. The molecule has 1 saturated heterocycles. The van der Waals surface area contributed by atoms with Crippen LogP contribution in [0, 0.1) is 0 Å². The van der Waals surface area contributed by atoms with Crippen molar-refractivity contribution in [1.29, 1.82) is 0 Å². The van der Waals surface area contributed by atoms with Gasteiger partial charge in [-0.3, -0.25) is 4.90 Å². The Balaban J connectivity index is 1.45. The second-order valence-electron chi connectivity index (χ2n) is 7.02. The number of H-pyrrole nitrogens is 1. The van der Waals surface area contributed by atoms with Crippen molar-refractivity contribution in [3.8, 4) is 11.5 Å². The fourth-order valence-corrected chi connectivity index (χ4v) is 4.03. The number of alkyl halides is 2. The first-order valence-corrected chi connectivity index (χ1v) is 9.40. The lowest BCUT2D eigenvalue weighted by molar-refractivity contribution is -0.0522. The number of pyridine rings is 1. The molecule has 148 valence electrons. The van der Waals surface area contributed by atoms with Crippen molar-refractivity contribution in [2.24, 2.45) is 0 Å². The molecule has 1 aliphatic rings. The summed E-state index contributed by atoms with van der Waals surface area (Å²) in [6, 6.07) is 9.32. The minimum absolute atomic E-state index is 0.129. The number of ether oxygens (including phenoxy) is 2. The third kappa shape index (κ3) is 3.80. The van der Waals surface area contributed by atoms with E-state index in [1.807, 2.05) is 12.1 Å². The molecule has 1 fully saturated rings. The van der Waals surface area contributed by atoms with Gasteiger partial charge in [0.25, 0.3) is 0 Å². The Morgan fingerprint density at radius 3 is 2.79 bits per heavy atom. The summed E-state index contributed by atoms with van der Waals surface area (Å²) < 4.78 is 35.6. The summed E-state index contributed by atoms with van der Waals surface area (Å²) in [4.78, 5) is 9.89. The van der Waals surface area contributed by atoms with E-state index in [9.17, 15) is 8.78 Å². The molecule has 1 N–H and O–H groups in total. The summed E-state index contributed by atoms with van der Waals surface area (Å²) in [5.74, 6) is 0.931. The first-order chi connectivity index (χ1) is 13.7. The summed E-state index contributed by atoms with van der Waals surface area (Å²) in [6.45, 7) is -0.538. The number of aromatic amines is 1. The standard InChI is InChI=1S/C21H23F2N3O2/c1-27-18-6-2-4-15(19(18)28-21(22)23)13-26-10-7-14(8-11-26)17-12-25-20-16(17)5-3-9-24-20/h2-6,9,12,14,21H,7-8,10-11,13H2,1H3,(H,24,25). The summed E-state index contributed by atoms with van der Waals surface area (Å²) >= 11 is 0. The molecule has 2 aromatic heterocycles. The molecule has 4 rings (SSSR count). The zero-order chi connectivity index (χ0) is 19.5. The Hall–Kier alpha value is -2.67. The molecular weight excluding hydrogens is 364 g/mol. The maximum Gasteiger partial charge on any atom is 0.387 e. The number of halogens is 2. The fourth-order valence-electron chi connectivity index (χ4n) is 4.03. The highest BCUT2D eigenvalue weighted by Crippen LogP contribution is 2.36. The van der Waals surface area contributed by atoms with Crippen molar-refractivity contribution in [3.63, 3.8) is 0 Å². The van der Waals surface area contributed by atoms with Gasteiger partial charge in [-0.05, 0) is 55.6 Å². The molecule has 1 aromatic carbocycles. The molecule has 3 heterocycles. The first kappa shape index (κ1) is 18.7. The Morgan fingerprint density at radius 1 is 1.21 bits per heavy atom. The van der Waals surface area contributed by atoms with Gasteiger partial charge in [-0.25, -0.2) is 4.98 Å². The van der Waals surface area contributed by atoms with Gasteiger partial charge in [0, 0.05) is 29.9 Å². The van der Waals surface area contributed by atoms with Crippen LogP contribution in [-0.2, 0) is 6.54 Å². The number of fused-ring (bicyclic) bond motifs is 1. The predicted molar refractivity (Wildman–Crippen MR) is 103 cm³/mol. The second kappa shape index (κ2) is 8.14. The number of para-hydroxylation sites is 1. The van der Waals surface area contributed by atoms with E-state index in [-0.39, 0.29) is 5.75 Å². The van der Waals surface area contributed by atoms with Crippen LogP contribution in [0.25, 0.3) is 11.0 Å². The van der Waals surface area contributed by atoms with E-state index in [1.165, 1.54) is 18.1 Å². The molecule has 0 saturated carbocycles. The number of piperidine rings is 1. The third-order valence-electron chi connectivity index (χ3n) is 5.39. The zero-order valence-corrected chi connectivity index (χ0v) is 15.7. The number of likely N-dealkylation sites (tertiary alicyclic amines) is 1. The maximum atomic E-state index is 12.8. The van der Waals surface area contributed by atoms with Crippen LogP contribution in [0.15, 0.2) is 42.7 Å². The minimum atomic E-state index is -2.88. The quantitative estimate of drug-likeness (QED) is 0.674. The van der Waals surface area contributed by atoms with Crippen molar-refractivity contribution in [1.82, 2.24) is 14.9 Å². The SMILES string of the molecule is COc1cccc(CN2CCC(c3c[nH]c4ncccc34)CC2)c1OC(F)F. The number of hydrogen-bond acceptors (Lipinski definition) is 4. The van der Waals surface area contributed by atoms with Crippen molar-refractivity contribution in [2.75, 3.05) is 20.2 Å². The van der Waals surface area contributed by atoms with Crippen molar-refractivity contribution >= 4 is 11.0 Å². The molecular formula is C21H23F2N3O2. The van der Waals surface area contributed by atoms with E-state index in [4.69, 9.17) is 9.47 Å². The smallest absolute Gasteiger partial charge is 0.387 e. The van der Waals surface area contributed by atoms with Gasteiger partial charge in [0.2, 0.25) is 0 Å². The molecule has 1 aliphatic heterocycles. The number of methoxy groups -OCH3 is 1. The maximum absolute atomic E-state index is 12.8. The fraction of sp³-hybridized carbons (Fsp3) is 0.381. The van der Waals surface area contributed by atoms with Gasteiger partial charge in [0.1, 0.15) is 5.65 Å². The molecule has 0 spiro atoms. The van der Waals surface area contributed by atoms with E-state index >= 15 is 0 Å². The molecule has 7 heteroatoms. The Kier molecular flexibility index (Phi) is 5.43. The van der Waals surface area contributed by atoms with Crippen molar-refractivity contribution in [2.45, 2.75) is 31.9 Å². The molecule has 3 aromatic rings. The average molecular weight is 387 g/mol. The summed E-state index contributed by atoms with van der Waals surface area (Å²) in [6.07, 6.45) is 5.88. The Labute approximate surface area is 162 Å². The highest BCUT2D eigenvalue weighted by molar-refractivity contribution is 5.80. The number of nitrogens with one attached hydrogen (secondary N) is 1. The normalized spacial score (nSPS) is 16.0. The van der Waals surface area contributed by atoms with Gasteiger partial charge in [-0.1, -0.05) is 12.1 Å². The van der Waals surface area contributed by atoms with Crippen LogP contribution in [0.3, 0.4) is 0 Å². The highest BCUT2D eigenvalue weighted by Gasteiger charge is 2.24. The topological polar surface area (TPSA) is 50.4 Å². The third-order valence-corrected chi connectivity index (χ3v) is 5.39. The first-order valence-electron chi connectivity index (χ1n) is 9.40. The van der Waals surface area contributed by atoms with Gasteiger partial charge >= 0.3 is 6.61 Å². The predicted octanol–water partition coefficient (Wildman–Crippen LogP) is 4.55. The van der Waals surface area contributed by atoms with Gasteiger partial charge < -0.3 is 14.5 Å². The van der Waals surface area contributed by atoms with E-state index in [0.717, 1.165) is 37.1 Å². The van der Waals surface area contributed by atoms with Crippen LogP contribution in [-0.4, -0.2) is 41.7 Å². The molecule has 0 amide bonds. The van der Waals surface area contributed by atoms with Crippen LogP contribution < -0.4 is 9.47 Å². The zero-order valence-electron chi connectivity index (χ0n) is 15.7. The van der Waals surface area contributed by atoms with Gasteiger partial charge in [0.15, 0.2) is 11.5 Å². The largest absolute Gasteiger partial charge is 0.493 e. The van der Waals surface area contributed by atoms with Crippen LogP contribution in [0.5, 0.6) is 11.5 Å². The molecule has 0 atom stereocenters. The van der Waals surface area contributed by atoms with Gasteiger partial charge in [-0.15, -0.1) is 0 Å². The Morgan fingerprint density at radius 2 is 2.04 bits per heavy atom. The van der Waals surface area contributed by atoms with Crippen molar-refractivity contribution in [3.05, 3.63) is 53.9 Å². The number of rotatable bonds is 6. The Bertz CT molecular complexity index is 936. The summed E-state index contributed by atoms with van der Waals surface area (Å²) in [7, 11) is 1.46. The van der Waals surface area contributed by atoms with E-state index in [0.29, 0.717) is 18.2 Å². The number of hydrogen-bond donors (Lipinski definition) is 1. The summed E-state index contributed by atoms with van der Waals surface area (Å²) in [5.41, 5.74) is 2.95. The van der Waals surface area contributed by atoms with Crippen LogP contribution >= 0.6 is 0 Å². The second-order valence-corrected chi connectivity index (χ2v) is 7.02. The molecule has 0 aliphatic carbocycles. The lowest BCUT2D eigenvalue weighted by atomic mass is 9.89. The van der Waals surface area contributed by atoms with Crippen LogP contribution in [0.1, 0.15) is 29.9 Å². The van der Waals surface area contributed by atoms with Crippen LogP contribution in [0.2, 0.25) is 0 Å². The van der Waals surface area contributed by atoms with E-state index in [1.54, 1.807) is 18.3 Å². The molecule has 0 radical (unpaired) electrons. The van der Waals surface area contributed by atoms with Crippen molar-refractivity contribution < 1.29 is 18.3 Å². The molecule has 5 nitrogen and oxygen atoms in total. The van der Waals surface area contributed by atoms with E-state index in [2.05, 4.69) is 27.1 Å². The highest BCUT2D eigenvalue weighted by atomic mass is 19.3. The van der Waals surface area contributed by atoms with E-state index < -0.39 is 6.61 Å². The lowest BCUT2D eigenvalue weighted by Gasteiger charge is -2.32. The summed E-state index contributed by atoms with van der Waals surface area (Å²) in [5, 5.41) is 1.18. The monoisotopic (exact) mass is 387 g/mol. The molecule has 0 unspecified atom stereocenters. The number of benzene rings is 1. The minimum Gasteiger partial charge on any atom is -0.493 e. The number of aromatic nitrogens is 2. The van der Waals surface area contributed by atoms with Gasteiger partial charge in [0.05, 0.1) is 7.11 Å². The molecule has 28 heavy (non-hydrogen) atoms. The van der Waals surface area contributed by atoms with Crippen LogP contribution in [0.4, 0.5) is 8.78 Å². The van der Waals surface area contributed by atoms with Gasteiger partial charge in [-0.2, -0.15) is 8.78 Å². The number of nitrogens with zero attached hydrogens (tertiary/aromatic N) is 2.